The lowest BCUT2D eigenvalue weighted by atomic mass is 10.1. The Hall–Kier alpha value is -3.00. The van der Waals surface area contributed by atoms with Crippen molar-refractivity contribution in [3.8, 4) is 11.3 Å². The van der Waals surface area contributed by atoms with E-state index in [-0.39, 0.29) is 17.5 Å². The topological polar surface area (TPSA) is 108 Å². The van der Waals surface area contributed by atoms with Gasteiger partial charge >= 0.3 is 0 Å². The summed E-state index contributed by atoms with van der Waals surface area (Å²) in [5.74, 6) is -0.0580. The van der Waals surface area contributed by atoms with Gasteiger partial charge in [-0.05, 0) is 6.07 Å². The average molecular weight is 340 g/mol. The SMILES string of the molecule is CN(c1cc(-c2cnccn2)c[nH]c1=O)C1CN(C(=O)/C=C/CN)C1. The molecule has 0 aromatic carbocycles. The number of carbonyl (C=O) groups excluding carboxylic acids is 1. The highest BCUT2D eigenvalue weighted by atomic mass is 16.2. The fourth-order valence-electron chi connectivity index (χ4n) is 2.68. The van der Waals surface area contributed by atoms with Crippen LogP contribution in [0.5, 0.6) is 0 Å². The van der Waals surface area contributed by atoms with E-state index in [4.69, 9.17) is 5.73 Å². The summed E-state index contributed by atoms with van der Waals surface area (Å²) < 4.78 is 0. The lowest BCUT2D eigenvalue weighted by Crippen LogP contribution is -2.60. The Labute approximate surface area is 145 Å². The predicted octanol–water partition coefficient (Wildman–Crippen LogP) is -0.00620. The largest absolute Gasteiger partial charge is 0.364 e. The highest BCUT2D eigenvalue weighted by molar-refractivity contribution is 5.88. The van der Waals surface area contributed by atoms with Crippen LogP contribution in [-0.2, 0) is 4.79 Å². The quantitative estimate of drug-likeness (QED) is 0.742. The third-order valence-electron chi connectivity index (χ3n) is 4.24. The molecule has 1 saturated heterocycles. The molecule has 1 fully saturated rings. The maximum Gasteiger partial charge on any atom is 0.271 e. The van der Waals surface area contributed by atoms with E-state index < -0.39 is 0 Å². The molecule has 2 aromatic heterocycles. The molecule has 1 aliphatic rings. The molecule has 3 heterocycles. The Morgan fingerprint density at radius 1 is 1.48 bits per heavy atom. The van der Waals surface area contributed by atoms with Gasteiger partial charge in [0.25, 0.3) is 5.56 Å². The van der Waals surface area contributed by atoms with Crippen LogP contribution in [0.3, 0.4) is 0 Å². The van der Waals surface area contributed by atoms with Gasteiger partial charge in [0.15, 0.2) is 0 Å². The lowest BCUT2D eigenvalue weighted by molar-refractivity contribution is -0.130. The molecule has 0 unspecified atom stereocenters. The number of amides is 1. The highest BCUT2D eigenvalue weighted by Gasteiger charge is 2.33. The third-order valence-corrected chi connectivity index (χ3v) is 4.24. The van der Waals surface area contributed by atoms with Crippen LogP contribution in [0.15, 0.2) is 47.8 Å². The summed E-state index contributed by atoms with van der Waals surface area (Å²) in [6, 6.07) is 1.88. The van der Waals surface area contributed by atoms with Gasteiger partial charge in [-0.25, -0.2) is 0 Å². The maximum absolute atomic E-state index is 12.2. The average Bonchev–Trinajstić information content (AvgIpc) is 2.59. The Morgan fingerprint density at radius 2 is 2.28 bits per heavy atom. The number of rotatable bonds is 5. The first-order valence-corrected chi connectivity index (χ1v) is 7.97. The molecule has 1 amide bonds. The lowest BCUT2D eigenvalue weighted by Gasteiger charge is -2.44. The summed E-state index contributed by atoms with van der Waals surface area (Å²) in [4.78, 5) is 38.7. The number of hydrogen-bond acceptors (Lipinski definition) is 6. The van der Waals surface area contributed by atoms with Crippen molar-refractivity contribution in [1.29, 1.82) is 0 Å². The molecule has 0 spiro atoms. The van der Waals surface area contributed by atoms with E-state index in [0.29, 0.717) is 31.0 Å². The molecule has 0 aliphatic carbocycles. The first-order valence-electron chi connectivity index (χ1n) is 7.97. The van der Waals surface area contributed by atoms with Crippen LogP contribution in [0, 0.1) is 0 Å². The Kier molecular flexibility index (Phi) is 4.90. The van der Waals surface area contributed by atoms with E-state index >= 15 is 0 Å². The molecular weight excluding hydrogens is 320 g/mol. The Bertz CT molecular complexity index is 827. The van der Waals surface area contributed by atoms with Gasteiger partial charge in [-0.3, -0.25) is 19.6 Å². The zero-order chi connectivity index (χ0) is 17.8. The highest BCUT2D eigenvalue weighted by Crippen LogP contribution is 2.22. The second-order valence-electron chi connectivity index (χ2n) is 5.84. The molecule has 2 aromatic rings. The van der Waals surface area contributed by atoms with Crippen LogP contribution in [0.2, 0.25) is 0 Å². The van der Waals surface area contributed by atoms with E-state index in [0.717, 1.165) is 5.56 Å². The van der Waals surface area contributed by atoms with Gasteiger partial charge in [-0.2, -0.15) is 0 Å². The summed E-state index contributed by atoms with van der Waals surface area (Å²) in [5, 5.41) is 0. The molecule has 25 heavy (non-hydrogen) atoms. The second kappa shape index (κ2) is 7.27. The molecule has 0 saturated carbocycles. The molecule has 1 aliphatic heterocycles. The van der Waals surface area contributed by atoms with Crippen LogP contribution in [0.25, 0.3) is 11.3 Å². The molecule has 8 heteroatoms. The number of nitrogens with one attached hydrogen (secondary N) is 1. The van der Waals surface area contributed by atoms with Crippen molar-refractivity contribution in [2.24, 2.45) is 5.73 Å². The molecule has 8 nitrogen and oxygen atoms in total. The number of hydrogen-bond donors (Lipinski definition) is 2. The summed E-state index contributed by atoms with van der Waals surface area (Å²) in [6.07, 6.45) is 9.59. The zero-order valence-electron chi connectivity index (χ0n) is 13.9. The minimum atomic E-state index is -0.178. The molecule has 0 atom stereocenters. The van der Waals surface area contributed by atoms with Gasteiger partial charge < -0.3 is 20.5 Å². The van der Waals surface area contributed by atoms with Crippen molar-refractivity contribution in [2.75, 3.05) is 31.6 Å². The van der Waals surface area contributed by atoms with Crippen molar-refractivity contribution in [1.82, 2.24) is 19.9 Å². The predicted molar refractivity (Wildman–Crippen MR) is 95.1 cm³/mol. The van der Waals surface area contributed by atoms with E-state index in [1.807, 2.05) is 11.9 Å². The number of nitrogens with two attached hydrogens (primary N) is 1. The molecule has 3 N–H and O–H groups in total. The molecule has 0 radical (unpaired) electrons. The van der Waals surface area contributed by atoms with Crippen molar-refractivity contribution < 1.29 is 4.79 Å². The summed E-state index contributed by atoms with van der Waals surface area (Å²) in [7, 11) is 1.85. The number of H-pyrrole nitrogens is 1. The second-order valence-corrected chi connectivity index (χ2v) is 5.84. The zero-order valence-corrected chi connectivity index (χ0v) is 13.9. The van der Waals surface area contributed by atoms with Crippen molar-refractivity contribution >= 4 is 11.6 Å². The minimum Gasteiger partial charge on any atom is -0.364 e. The number of likely N-dealkylation sites (tertiary alicyclic amines) is 1. The third kappa shape index (κ3) is 3.58. The number of carbonyl (C=O) groups is 1. The van der Waals surface area contributed by atoms with Crippen LogP contribution in [0.1, 0.15) is 0 Å². The van der Waals surface area contributed by atoms with Crippen LogP contribution >= 0.6 is 0 Å². The first-order chi connectivity index (χ1) is 12.1. The number of likely N-dealkylation sites (N-methyl/N-ethyl adjacent to an activating group) is 1. The van der Waals surface area contributed by atoms with Crippen molar-refractivity contribution in [3.63, 3.8) is 0 Å². The summed E-state index contributed by atoms with van der Waals surface area (Å²) in [5.41, 5.74) is 7.19. The van der Waals surface area contributed by atoms with Crippen LogP contribution < -0.4 is 16.2 Å². The number of pyridine rings is 1. The van der Waals surface area contributed by atoms with E-state index in [1.54, 1.807) is 41.8 Å². The fourth-order valence-corrected chi connectivity index (χ4v) is 2.68. The standard InChI is InChI=1S/C17H20N6O2/c1-22(13-10-23(11-13)16(24)3-2-4-18)15-7-12(8-21-17(15)25)14-9-19-5-6-20-14/h2-3,5-9,13H,4,10-11,18H2,1H3,(H,21,25)/b3-2+. The van der Waals surface area contributed by atoms with Gasteiger partial charge in [0.1, 0.15) is 5.69 Å². The van der Waals surface area contributed by atoms with E-state index in [1.165, 1.54) is 6.08 Å². The maximum atomic E-state index is 12.2. The minimum absolute atomic E-state index is 0.0580. The van der Waals surface area contributed by atoms with Crippen molar-refractivity contribution in [2.45, 2.75) is 6.04 Å². The fraction of sp³-hybridized carbons (Fsp3) is 0.294. The number of aromatic nitrogens is 3. The number of anilines is 1. The Morgan fingerprint density at radius 3 is 2.96 bits per heavy atom. The van der Waals surface area contributed by atoms with Gasteiger partial charge in [0.2, 0.25) is 5.91 Å². The molecule has 0 bridgehead atoms. The molecular formula is C17H20N6O2. The van der Waals surface area contributed by atoms with E-state index in [9.17, 15) is 9.59 Å². The smallest absolute Gasteiger partial charge is 0.271 e. The number of aromatic amines is 1. The van der Waals surface area contributed by atoms with Crippen LogP contribution in [-0.4, -0.2) is 58.5 Å². The number of nitrogens with zero attached hydrogens (tertiary/aromatic N) is 4. The van der Waals surface area contributed by atoms with Crippen LogP contribution in [0.4, 0.5) is 5.69 Å². The Balaban J connectivity index is 1.73. The first kappa shape index (κ1) is 16.8. The molecule has 130 valence electrons. The van der Waals surface area contributed by atoms with Gasteiger partial charge in [0.05, 0.1) is 17.9 Å². The summed E-state index contributed by atoms with van der Waals surface area (Å²) >= 11 is 0. The summed E-state index contributed by atoms with van der Waals surface area (Å²) in [6.45, 7) is 1.48. The normalized spacial score (nSPS) is 14.6. The van der Waals surface area contributed by atoms with Crippen molar-refractivity contribution in [3.05, 3.63) is 53.4 Å². The van der Waals surface area contributed by atoms with Gasteiger partial charge in [-0.15, -0.1) is 0 Å². The van der Waals surface area contributed by atoms with Gasteiger partial charge in [0, 0.05) is 56.9 Å². The van der Waals surface area contributed by atoms with Gasteiger partial charge in [-0.1, -0.05) is 6.08 Å². The molecule has 3 rings (SSSR count). The van der Waals surface area contributed by atoms with E-state index in [2.05, 4.69) is 15.0 Å². The monoisotopic (exact) mass is 340 g/mol.